The Morgan fingerprint density at radius 2 is 1.73 bits per heavy atom. The SMILES string of the molecule is Fc1cccc(COc2c(Br)cc(/C=N/NC(F)(F)C(F)(F)C(F)(F)F)cc2I)c1. The van der Waals surface area contributed by atoms with Crippen molar-refractivity contribution in [2.75, 3.05) is 0 Å². The first-order valence-electron chi connectivity index (χ1n) is 7.73. The molecule has 1 N–H and O–H groups in total. The monoisotopic (exact) mass is 616 g/mol. The summed E-state index contributed by atoms with van der Waals surface area (Å²) in [5.41, 5.74) is 1.18. The van der Waals surface area contributed by atoms with Gasteiger partial charge in [0.2, 0.25) is 0 Å². The molecule has 0 radical (unpaired) electrons. The van der Waals surface area contributed by atoms with Crippen molar-refractivity contribution in [1.82, 2.24) is 5.43 Å². The quantitative estimate of drug-likeness (QED) is 0.127. The zero-order valence-electron chi connectivity index (χ0n) is 14.4. The Balaban J connectivity index is 2.11. The van der Waals surface area contributed by atoms with Crippen LogP contribution >= 0.6 is 38.5 Å². The fourth-order valence-corrected chi connectivity index (χ4v) is 3.78. The van der Waals surface area contributed by atoms with Gasteiger partial charge >= 0.3 is 18.1 Å². The molecule has 0 aliphatic carbocycles. The van der Waals surface area contributed by atoms with Crippen LogP contribution in [0.25, 0.3) is 0 Å². The van der Waals surface area contributed by atoms with Gasteiger partial charge < -0.3 is 4.74 Å². The zero-order chi connectivity index (χ0) is 22.7. The number of hydrogen-bond donors (Lipinski definition) is 1. The van der Waals surface area contributed by atoms with E-state index in [4.69, 9.17) is 4.74 Å². The number of halogens is 10. The highest BCUT2D eigenvalue weighted by Crippen LogP contribution is 2.45. The Morgan fingerprint density at radius 3 is 2.30 bits per heavy atom. The predicted octanol–water partition coefficient (Wildman–Crippen LogP) is 6.49. The number of ether oxygens (including phenoxy) is 1. The van der Waals surface area contributed by atoms with Gasteiger partial charge in [0, 0.05) is 0 Å². The van der Waals surface area contributed by atoms with Crippen LogP contribution < -0.4 is 10.2 Å². The summed E-state index contributed by atoms with van der Waals surface area (Å²) in [5.74, 6) is -6.45. The third-order valence-corrected chi connectivity index (χ3v) is 4.85. The minimum absolute atomic E-state index is 0.0140. The van der Waals surface area contributed by atoms with Gasteiger partial charge in [-0.2, -0.15) is 35.8 Å². The average Bonchev–Trinajstić information content (AvgIpc) is 2.60. The second-order valence-electron chi connectivity index (χ2n) is 5.75. The van der Waals surface area contributed by atoms with E-state index in [1.165, 1.54) is 30.3 Å². The highest BCUT2D eigenvalue weighted by Gasteiger charge is 2.73. The van der Waals surface area contributed by atoms with E-state index in [1.54, 1.807) is 6.07 Å². The molecule has 2 rings (SSSR count). The molecule has 2 aromatic rings. The van der Waals surface area contributed by atoms with Crippen molar-refractivity contribution >= 4 is 44.7 Å². The first-order chi connectivity index (χ1) is 13.7. The fourth-order valence-electron chi connectivity index (χ4n) is 2.01. The average molecular weight is 617 g/mol. The molecule has 30 heavy (non-hydrogen) atoms. The number of hydrazone groups is 1. The van der Waals surface area contributed by atoms with Crippen LogP contribution in [0.4, 0.5) is 35.1 Å². The largest absolute Gasteiger partial charge is 0.487 e. The van der Waals surface area contributed by atoms with Crippen molar-refractivity contribution in [3.05, 3.63) is 61.4 Å². The van der Waals surface area contributed by atoms with Crippen molar-refractivity contribution in [2.24, 2.45) is 5.10 Å². The van der Waals surface area contributed by atoms with Crippen molar-refractivity contribution in [3.63, 3.8) is 0 Å². The summed E-state index contributed by atoms with van der Waals surface area (Å²) in [7, 11) is 0. The Morgan fingerprint density at radius 1 is 1.07 bits per heavy atom. The second kappa shape index (κ2) is 9.24. The van der Waals surface area contributed by atoms with E-state index < -0.39 is 24.0 Å². The smallest absolute Gasteiger partial charge is 0.462 e. The lowest BCUT2D eigenvalue weighted by molar-refractivity contribution is -0.361. The molecule has 0 aromatic heterocycles. The molecule has 0 unspecified atom stereocenters. The van der Waals surface area contributed by atoms with Gasteiger partial charge in [0.25, 0.3) is 0 Å². The summed E-state index contributed by atoms with van der Waals surface area (Å²) in [6.07, 6.45) is -5.82. The number of nitrogens with one attached hydrogen (secondary N) is 1. The summed E-state index contributed by atoms with van der Waals surface area (Å²) in [6.45, 7) is 0.0140. The van der Waals surface area contributed by atoms with E-state index in [-0.39, 0.29) is 12.2 Å². The molecule has 0 bridgehead atoms. The van der Waals surface area contributed by atoms with Crippen LogP contribution in [0.3, 0.4) is 0 Å². The van der Waals surface area contributed by atoms with Gasteiger partial charge in [-0.05, 0) is 73.9 Å². The summed E-state index contributed by atoms with van der Waals surface area (Å²) >= 11 is 5.00. The number of benzene rings is 2. The van der Waals surface area contributed by atoms with Crippen molar-refractivity contribution in [3.8, 4) is 5.75 Å². The third-order valence-electron chi connectivity index (χ3n) is 3.46. The van der Waals surface area contributed by atoms with Gasteiger partial charge in [0.15, 0.2) is 0 Å². The maximum atomic E-state index is 13.2. The molecule has 0 spiro atoms. The Labute approximate surface area is 186 Å². The lowest BCUT2D eigenvalue weighted by atomic mass is 10.2. The predicted molar refractivity (Wildman–Crippen MR) is 104 cm³/mol. The van der Waals surface area contributed by atoms with Gasteiger partial charge in [-0.1, -0.05) is 12.1 Å². The lowest BCUT2D eigenvalue weighted by Crippen LogP contribution is -2.58. The number of alkyl halides is 7. The zero-order valence-corrected chi connectivity index (χ0v) is 18.1. The van der Waals surface area contributed by atoms with Crippen LogP contribution in [0.5, 0.6) is 5.75 Å². The van der Waals surface area contributed by atoms with E-state index in [9.17, 15) is 35.1 Å². The summed E-state index contributed by atoms with van der Waals surface area (Å²) in [5, 5.41) is 2.80. The molecule has 0 fully saturated rings. The second-order valence-corrected chi connectivity index (χ2v) is 7.77. The van der Waals surface area contributed by atoms with Gasteiger partial charge in [0.05, 0.1) is 14.3 Å². The van der Waals surface area contributed by atoms with E-state index in [0.717, 1.165) is 0 Å². The van der Waals surface area contributed by atoms with E-state index in [2.05, 4.69) is 21.0 Å². The van der Waals surface area contributed by atoms with Crippen molar-refractivity contribution in [2.45, 2.75) is 24.8 Å². The summed E-state index contributed by atoms with van der Waals surface area (Å²) in [6, 6.07) is 2.68. The maximum absolute atomic E-state index is 13.2. The molecule has 2 aromatic carbocycles. The number of rotatable bonds is 7. The molecule has 0 saturated heterocycles. The molecule has 13 heteroatoms. The third kappa shape index (κ3) is 5.74. The maximum Gasteiger partial charge on any atom is 0.462 e. The summed E-state index contributed by atoms with van der Waals surface area (Å²) < 4.78 is 108. The molecule has 3 nitrogen and oxygen atoms in total. The molecule has 0 heterocycles. The van der Waals surface area contributed by atoms with E-state index in [1.807, 2.05) is 22.6 Å². The molecule has 0 saturated carbocycles. The van der Waals surface area contributed by atoms with Crippen LogP contribution in [-0.4, -0.2) is 24.4 Å². The molecule has 0 aliphatic heterocycles. The number of nitrogens with zero attached hydrogens (tertiary/aromatic N) is 1. The van der Waals surface area contributed by atoms with E-state index in [0.29, 0.717) is 31.0 Å². The van der Waals surface area contributed by atoms with Crippen LogP contribution in [-0.2, 0) is 6.61 Å². The topological polar surface area (TPSA) is 33.6 Å². The first kappa shape index (κ1) is 24.6. The lowest BCUT2D eigenvalue weighted by Gasteiger charge is -2.27. The minimum Gasteiger partial charge on any atom is -0.487 e. The first-order valence-corrected chi connectivity index (χ1v) is 9.60. The van der Waals surface area contributed by atoms with Gasteiger partial charge in [-0.25, -0.2) is 9.82 Å². The van der Waals surface area contributed by atoms with Crippen LogP contribution in [0.1, 0.15) is 11.1 Å². The van der Waals surface area contributed by atoms with Crippen LogP contribution in [0.15, 0.2) is 46.0 Å². The van der Waals surface area contributed by atoms with Crippen molar-refractivity contribution in [1.29, 1.82) is 0 Å². The molecule has 0 amide bonds. The standard InChI is InChI=1S/C17H10BrF8IN2O/c18-12-5-10(7-28-29-17(25,26)15(20,21)16(22,23)24)6-13(27)14(12)30-8-9-2-1-3-11(19)4-9/h1-7,29H,8H2/b28-7+. The normalized spacial score (nSPS) is 13.0. The van der Waals surface area contributed by atoms with Crippen molar-refractivity contribution < 1.29 is 39.9 Å². The molecule has 164 valence electrons. The molecular weight excluding hydrogens is 607 g/mol. The summed E-state index contributed by atoms with van der Waals surface area (Å²) in [4.78, 5) is 0. The Bertz CT molecular complexity index is 913. The highest BCUT2D eigenvalue weighted by molar-refractivity contribution is 14.1. The van der Waals surface area contributed by atoms with Gasteiger partial charge in [-0.15, -0.1) is 0 Å². The minimum atomic E-state index is -6.46. The van der Waals surface area contributed by atoms with Gasteiger partial charge in [0.1, 0.15) is 18.2 Å². The molecule has 0 aliphatic rings. The van der Waals surface area contributed by atoms with Gasteiger partial charge in [-0.3, -0.25) is 0 Å². The molecular formula is C17H10BrF8IN2O. The van der Waals surface area contributed by atoms with Crippen LogP contribution in [0.2, 0.25) is 0 Å². The number of hydrogen-bond acceptors (Lipinski definition) is 3. The van der Waals surface area contributed by atoms with Crippen LogP contribution in [0, 0.1) is 9.39 Å². The Hall–Kier alpha value is -1.64. The molecule has 0 atom stereocenters. The fraction of sp³-hybridized carbons (Fsp3) is 0.235. The highest BCUT2D eigenvalue weighted by atomic mass is 127. The van der Waals surface area contributed by atoms with E-state index >= 15 is 0 Å². The Kier molecular flexibility index (Phi) is 7.59.